The van der Waals surface area contributed by atoms with Crippen molar-refractivity contribution in [2.45, 2.75) is 83.4 Å². The molecule has 1 aliphatic rings. The van der Waals surface area contributed by atoms with Gasteiger partial charge in [0.15, 0.2) is 0 Å². The molecule has 1 amide bonds. The fraction of sp³-hybridized carbons (Fsp3) is 0.438. The summed E-state index contributed by atoms with van der Waals surface area (Å²) in [7, 11) is 0. The predicted octanol–water partition coefficient (Wildman–Crippen LogP) is 7.86. The lowest BCUT2D eigenvalue weighted by molar-refractivity contribution is 0.0463. The summed E-state index contributed by atoms with van der Waals surface area (Å²) in [6, 6.07) is 17.3. The van der Waals surface area contributed by atoms with Crippen LogP contribution in [0.5, 0.6) is 5.88 Å². The number of hydrogen-bond donors (Lipinski definition) is 0. The number of benzene rings is 2. The zero-order chi connectivity index (χ0) is 28.0. The molecule has 3 aromatic rings. The molecule has 5 nitrogen and oxygen atoms in total. The van der Waals surface area contributed by atoms with Gasteiger partial charge in [-0.3, -0.25) is 4.79 Å². The Kier molecular flexibility index (Phi) is 9.67. The summed E-state index contributed by atoms with van der Waals surface area (Å²) in [6.45, 7) is 12.0. The van der Waals surface area contributed by atoms with Crippen LogP contribution in [-0.4, -0.2) is 38.8 Å². The third-order valence-electron chi connectivity index (χ3n) is 7.16. The van der Waals surface area contributed by atoms with Gasteiger partial charge < -0.3 is 9.64 Å². The number of amides is 1. The van der Waals surface area contributed by atoms with Crippen molar-refractivity contribution in [1.29, 1.82) is 0 Å². The summed E-state index contributed by atoms with van der Waals surface area (Å²) in [5.74, 6) is 0.106. The van der Waals surface area contributed by atoms with E-state index < -0.39 is 5.60 Å². The number of rotatable bonds is 11. The van der Waals surface area contributed by atoms with E-state index >= 15 is 0 Å². The number of aromatic nitrogens is 1. The second-order valence-corrected chi connectivity index (χ2v) is 11.8. The zero-order valence-electron chi connectivity index (χ0n) is 23.7. The maximum atomic E-state index is 14.3. The molecule has 0 N–H and O–H groups in total. The van der Waals surface area contributed by atoms with E-state index in [0.717, 1.165) is 37.8 Å². The van der Waals surface area contributed by atoms with Gasteiger partial charge in [-0.25, -0.2) is 13.7 Å². The standard InChI is InChI=1S/C32H40FN3O2S/c1-6-9-18-36(39-26-16-14-23(7-2)15-17-26)29-20-32(4,5)38-30-27(29)19-25(21-34-30)31(37)35(8-3)22-24-12-10-11-13-28(24)33/h10-17,19,21,29H,6-9,18,20,22H2,1-5H3/t29-/m0/s1. The van der Waals surface area contributed by atoms with E-state index in [2.05, 4.69) is 61.2 Å². The van der Waals surface area contributed by atoms with Gasteiger partial charge in [0.05, 0.1) is 11.6 Å². The van der Waals surface area contributed by atoms with Gasteiger partial charge in [-0.1, -0.05) is 50.6 Å². The summed E-state index contributed by atoms with van der Waals surface area (Å²) >= 11 is 1.76. The minimum absolute atomic E-state index is 0.0213. The number of carbonyl (C=O) groups is 1. The van der Waals surface area contributed by atoms with Gasteiger partial charge >= 0.3 is 0 Å². The number of carbonyl (C=O) groups excluding carboxylic acids is 1. The molecule has 0 spiro atoms. The quantitative estimate of drug-likeness (QED) is 0.228. The van der Waals surface area contributed by atoms with Crippen molar-refractivity contribution in [3.63, 3.8) is 0 Å². The van der Waals surface area contributed by atoms with Gasteiger partial charge in [0.1, 0.15) is 11.4 Å². The average Bonchev–Trinajstić information content (AvgIpc) is 2.93. The van der Waals surface area contributed by atoms with Crippen LogP contribution in [0.2, 0.25) is 0 Å². The molecule has 0 saturated carbocycles. The molecule has 39 heavy (non-hydrogen) atoms. The molecule has 0 radical (unpaired) electrons. The van der Waals surface area contributed by atoms with Crippen molar-refractivity contribution in [3.8, 4) is 5.88 Å². The third kappa shape index (κ3) is 7.20. The molecule has 0 fully saturated rings. The lowest BCUT2D eigenvalue weighted by Gasteiger charge is -2.41. The third-order valence-corrected chi connectivity index (χ3v) is 8.32. The summed E-state index contributed by atoms with van der Waals surface area (Å²) in [6.07, 6.45) is 5.53. The maximum Gasteiger partial charge on any atom is 0.255 e. The monoisotopic (exact) mass is 549 g/mol. The first-order valence-electron chi connectivity index (χ1n) is 14.0. The number of halogens is 1. The van der Waals surface area contributed by atoms with Crippen molar-refractivity contribution in [3.05, 3.63) is 88.9 Å². The molecule has 1 aromatic heterocycles. The Morgan fingerprint density at radius 2 is 1.87 bits per heavy atom. The van der Waals surface area contributed by atoms with Crippen molar-refractivity contribution in [1.82, 2.24) is 14.2 Å². The predicted molar refractivity (Wildman–Crippen MR) is 156 cm³/mol. The minimum Gasteiger partial charge on any atom is -0.471 e. The van der Waals surface area contributed by atoms with Gasteiger partial charge in [0.2, 0.25) is 5.88 Å². The van der Waals surface area contributed by atoms with Crippen LogP contribution in [0.4, 0.5) is 4.39 Å². The normalized spacial score (nSPS) is 16.0. The van der Waals surface area contributed by atoms with Crippen LogP contribution >= 0.6 is 11.9 Å². The molecular formula is C32H40FN3O2S. The molecule has 208 valence electrons. The van der Waals surface area contributed by atoms with Crippen LogP contribution in [0.1, 0.15) is 87.0 Å². The van der Waals surface area contributed by atoms with Crippen LogP contribution in [-0.2, 0) is 13.0 Å². The molecule has 4 rings (SSSR count). The number of fused-ring (bicyclic) bond motifs is 1. The van der Waals surface area contributed by atoms with E-state index in [1.54, 1.807) is 41.2 Å². The Morgan fingerprint density at radius 3 is 2.54 bits per heavy atom. The minimum atomic E-state index is -0.395. The highest BCUT2D eigenvalue weighted by atomic mass is 32.2. The van der Waals surface area contributed by atoms with Crippen LogP contribution < -0.4 is 4.74 Å². The number of ether oxygens (including phenoxy) is 1. The summed E-state index contributed by atoms with van der Waals surface area (Å²) in [5.41, 5.74) is 2.84. The van der Waals surface area contributed by atoms with Gasteiger partial charge in [0.25, 0.3) is 5.91 Å². The molecule has 0 unspecified atom stereocenters. The molecular weight excluding hydrogens is 509 g/mol. The molecule has 0 aliphatic carbocycles. The number of aryl methyl sites for hydroxylation is 1. The molecule has 0 saturated heterocycles. The fourth-order valence-electron chi connectivity index (χ4n) is 4.89. The molecule has 7 heteroatoms. The second kappa shape index (κ2) is 13.0. The molecule has 2 aromatic carbocycles. The lowest BCUT2D eigenvalue weighted by Crippen LogP contribution is -2.40. The molecule has 1 aliphatic heterocycles. The van der Waals surface area contributed by atoms with Gasteiger partial charge in [-0.05, 0) is 75.4 Å². The second-order valence-electron chi connectivity index (χ2n) is 10.7. The van der Waals surface area contributed by atoms with E-state index in [4.69, 9.17) is 4.74 Å². The van der Waals surface area contributed by atoms with Crippen molar-refractivity contribution >= 4 is 17.9 Å². The lowest BCUT2D eigenvalue weighted by atomic mass is 9.90. The topological polar surface area (TPSA) is 45.7 Å². The fourth-order valence-corrected chi connectivity index (χ4v) is 5.95. The van der Waals surface area contributed by atoms with E-state index in [-0.39, 0.29) is 24.3 Å². The Morgan fingerprint density at radius 1 is 1.13 bits per heavy atom. The Balaban J connectivity index is 1.66. The highest BCUT2D eigenvalue weighted by Gasteiger charge is 2.38. The number of hydrogen-bond acceptors (Lipinski definition) is 5. The van der Waals surface area contributed by atoms with E-state index in [0.29, 0.717) is 23.6 Å². The first kappa shape index (κ1) is 29.1. The summed E-state index contributed by atoms with van der Waals surface area (Å²) in [4.78, 5) is 21.1. The Labute approximate surface area is 236 Å². The zero-order valence-corrected chi connectivity index (χ0v) is 24.6. The maximum absolute atomic E-state index is 14.3. The van der Waals surface area contributed by atoms with Gasteiger partial charge in [-0.15, -0.1) is 0 Å². The Bertz CT molecular complexity index is 1260. The van der Waals surface area contributed by atoms with Crippen LogP contribution in [0.3, 0.4) is 0 Å². The van der Waals surface area contributed by atoms with Crippen LogP contribution in [0.15, 0.2) is 65.7 Å². The van der Waals surface area contributed by atoms with Crippen molar-refractivity contribution in [2.24, 2.45) is 0 Å². The molecule has 0 bridgehead atoms. The highest BCUT2D eigenvalue weighted by molar-refractivity contribution is 7.97. The van der Waals surface area contributed by atoms with Gasteiger partial charge in [0, 0.05) is 48.3 Å². The SMILES string of the molecule is CCCCN(Sc1ccc(CC)cc1)[C@H]1CC(C)(C)Oc2ncc(C(=O)N(CC)Cc3ccccc3F)cc21. The Hall–Kier alpha value is -2.90. The average molecular weight is 550 g/mol. The van der Waals surface area contributed by atoms with E-state index in [1.807, 2.05) is 13.0 Å². The first-order valence-corrected chi connectivity index (χ1v) is 14.8. The number of pyridine rings is 1. The van der Waals surface area contributed by atoms with Crippen LogP contribution in [0, 0.1) is 5.82 Å². The first-order chi connectivity index (χ1) is 18.7. The summed E-state index contributed by atoms with van der Waals surface area (Å²) < 4.78 is 23.1. The number of nitrogens with zero attached hydrogens (tertiary/aromatic N) is 3. The van der Waals surface area contributed by atoms with Crippen molar-refractivity contribution < 1.29 is 13.9 Å². The van der Waals surface area contributed by atoms with Gasteiger partial charge in [-0.2, -0.15) is 0 Å². The summed E-state index contributed by atoms with van der Waals surface area (Å²) in [5, 5.41) is 0. The largest absolute Gasteiger partial charge is 0.471 e. The molecule has 1 atom stereocenters. The highest BCUT2D eigenvalue weighted by Crippen LogP contribution is 2.45. The van der Waals surface area contributed by atoms with E-state index in [9.17, 15) is 9.18 Å². The van der Waals surface area contributed by atoms with Crippen molar-refractivity contribution in [2.75, 3.05) is 13.1 Å². The smallest absolute Gasteiger partial charge is 0.255 e. The number of unbranched alkanes of at least 4 members (excludes halogenated alkanes) is 1. The molecule has 2 heterocycles. The van der Waals surface area contributed by atoms with E-state index in [1.165, 1.54) is 16.5 Å². The van der Waals surface area contributed by atoms with Crippen LogP contribution in [0.25, 0.3) is 0 Å².